The number of rotatable bonds is 2. The molecule has 3 nitrogen and oxygen atoms in total. The van der Waals surface area contributed by atoms with E-state index in [4.69, 9.17) is 0 Å². The number of hydrogen-bond acceptors (Lipinski definition) is 3. The summed E-state index contributed by atoms with van der Waals surface area (Å²) in [5.41, 5.74) is -1.88. The Morgan fingerprint density at radius 2 is 2.25 bits per heavy atom. The van der Waals surface area contributed by atoms with Gasteiger partial charge in [0, 0.05) is 6.54 Å². The van der Waals surface area contributed by atoms with Crippen LogP contribution in [0.5, 0.6) is 0 Å². The van der Waals surface area contributed by atoms with Crippen LogP contribution in [0.15, 0.2) is 0 Å². The van der Waals surface area contributed by atoms with Gasteiger partial charge in [0.2, 0.25) is 0 Å². The zero-order chi connectivity index (χ0) is 9.24. The van der Waals surface area contributed by atoms with E-state index in [-0.39, 0.29) is 13.0 Å². The van der Waals surface area contributed by atoms with Gasteiger partial charge < -0.3 is 15.7 Å². The Morgan fingerprint density at radius 3 is 2.75 bits per heavy atom. The topological polar surface area (TPSA) is 44.3 Å². The predicted molar refractivity (Wildman–Crippen MR) is 41.3 cm³/mol. The van der Waals surface area contributed by atoms with Crippen molar-refractivity contribution in [2.24, 2.45) is 0 Å². The largest absolute Gasteiger partial charge is 0.382 e. The van der Waals surface area contributed by atoms with Crippen molar-refractivity contribution in [1.29, 1.82) is 0 Å². The van der Waals surface area contributed by atoms with E-state index in [0.29, 0.717) is 6.54 Å². The fraction of sp³-hybridized carbons (Fsp3) is 1.00. The average molecular weight is 180 g/mol. The van der Waals surface area contributed by atoms with Crippen LogP contribution in [0.25, 0.3) is 0 Å². The van der Waals surface area contributed by atoms with E-state index in [1.54, 1.807) is 7.05 Å². The summed E-state index contributed by atoms with van der Waals surface area (Å²) in [5, 5.41) is 14.7. The minimum Gasteiger partial charge on any atom is -0.382 e. The standard InChI is InChI=1S/C7H14F2N2O/c1-10-4-6(12)2-3-11-5-7(6,8)9/h10-12H,2-5H2,1H3. The van der Waals surface area contributed by atoms with Gasteiger partial charge in [0.1, 0.15) is 5.60 Å². The van der Waals surface area contributed by atoms with Crippen LogP contribution in [-0.4, -0.2) is 43.3 Å². The second kappa shape index (κ2) is 3.24. The Balaban J connectivity index is 2.69. The smallest absolute Gasteiger partial charge is 0.289 e. The Hall–Kier alpha value is -0.260. The highest BCUT2D eigenvalue weighted by molar-refractivity contribution is 4.99. The number of nitrogens with one attached hydrogen (secondary N) is 2. The van der Waals surface area contributed by atoms with Gasteiger partial charge in [-0.15, -0.1) is 0 Å². The van der Waals surface area contributed by atoms with Crippen molar-refractivity contribution < 1.29 is 13.9 Å². The zero-order valence-electron chi connectivity index (χ0n) is 7.03. The first-order valence-electron chi connectivity index (χ1n) is 3.97. The highest BCUT2D eigenvalue weighted by atomic mass is 19.3. The van der Waals surface area contributed by atoms with E-state index >= 15 is 0 Å². The molecule has 0 aromatic rings. The molecule has 0 saturated carbocycles. The summed E-state index contributed by atoms with van der Waals surface area (Å²) in [7, 11) is 1.55. The number of piperidine rings is 1. The lowest BCUT2D eigenvalue weighted by Crippen LogP contribution is -2.62. The summed E-state index contributed by atoms with van der Waals surface area (Å²) in [5.74, 6) is -3.03. The molecule has 1 fully saturated rings. The molecule has 1 saturated heterocycles. The lowest BCUT2D eigenvalue weighted by Gasteiger charge is -2.39. The summed E-state index contributed by atoms with van der Waals surface area (Å²) in [6, 6.07) is 0. The fourth-order valence-electron chi connectivity index (χ4n) is 1.40. The van der Waals surface area contributed by atoms with Crippen molar-refractivity contribution in [2.45, 2.75) is 17.9 Å². The second-order valence-electron chi connectivity index (χ2n) is 3.19. The molecule has 1 heterocycles. The van der Waals surface area contributed by atoms with Gasteiger partial charge in [-0.25, -0.2) is 8.78 Å². The molecule has 12 heavy (non-hydrogen) atoms. The van der Waals surface area contributed by atoms with Gasteiger partial charge in [0.25, 0.3) is 5.92 Å². The number of hydrogen-bond donors (Lipinski definition) is 3. The third kappa shape index (κ3) is 1.57. The van der Waals surface area contributed by atoms with Crippen LogP contribution in [-0.2, 0) is 0 Å². The molecule has 0 aliphatic carbocycles. The van der Waals surface area contributed by atoms with Crippen molar-refractivity contribution >= 4 is 0 Å². The summed E-state index contributed by atoms with van der Waals surface area (Å²) < 4.78 is 26.2. The van der Waals surface area contributed by atoms with Crippen molar-refractivity contribution in [1.82, 2.24) is 10.6 Å². The minimum atomic E-state index is -3.03. The third-order valence-electron chi connectivity index (χ3n) is 2.21. The highest BCUT2D eigenvalue weighted by Crippen LogP contribution is 2.32. The molecule has 1 atom stereocenters. The van der Waals surface area contributed by atoms with Gasteiger partial charge in [-0.1, -0.05) is 0 Å². The van der Waals surface area contributed by atoms with E-state index in [0.717, 1.165) is 0 Å². The highest BCUT2D eigenvalue weighted by Gasteiger charge is 2.53. The molecule has 0 aromatic heterocycles. The van der Waals surface area contributed by atoms with Crippen LogP contribution in [0.1, 0.15) is 6.42 Å². The van der Waals surface area contributed by atoms with Crippen LogP contribution in [0.2, 0.25) is 0 Å². The molecule has 0 aromatic carbocycles. The Labute approximate surface area is 70.1 Å². The molecule has 0 spiro atoms. The number of aliphatic hydroxyl groups is 1. The van der Waals surface area contributed by atoms with Crippen molar-refractivity contribution in [3.8, 4) is 0 Å². The van der Waals surface area contributed by atoms with E-state index in [9.17, 15) is 13.9 Å². The summed E-state index contributed by atoms with van der Waals surface area (Å²) in [6.45, 7) is -0.0688. The molecule has 5 heteroatoms. The van der Waals surface area contributed by atoms with Gasteiger partial charge in [0.05, 0.1) is 6.54 Å². The molecular weight excluding hydrogens is 166 g/mol. The van der Waals surface area contributed by atoms with Crippen molar-refractivity contribution in [3.63, 3.8) is 0 Å². The van der Waals surface area contributed by atoms with Gasteiger partial charge in [-0.2, -0.15) is 0 Å². The summed E-state index contributed by atoms with van der Waals surface area (Å²) in [6.07, 6.45) is 0.0842. The Kier molecular flexibility index (Phi) is 2.65. The first-order valence-corrected chi connectivity index (χ1v) is 3.97. The van der Waals surface area contributed by atoms with E-state index < -0.39 is 18.1 Å². The van der Waals surface area contributed by atoms with Gasteiger partial charge in [-0.05, 0) is 20.0 Å². The molecule has 0 amide bonds. The third-order valence-corrected chi connectivity index (χ3v) is 2.21. The Bertz CT molecular complexity index is 161. The first-order chi connectivity index (χ1) is 5.52. The molecule has 3 N–H and O–H groups in total. The lowest BCUT2D eigenvalue weighted by atomic mass is 9.88. The first kappa shape index (κ1) is 9.83. The van der Waals surface area contributed by atoms with Crippen LogP contribution in [0, 0.1) is 0 Å². The SMILES string of the molecule is CNCC1(O)CCNCC1(F)F. The molecular formula is C7H14F2N2O. The molecule has 0 bridgehead atoms. The second-order valence-corrected chi connectivity index (χ2v) is 3.19. The quantitative estimate of drug-likeness (QED) is 0.540. The van der Waals surface area contributed by atoms with Crippen LogP contribution >= 0.6 is 0 Å². The average Bonchev–Trinajstić information content (AvgIpc) is 1.96. The molecule has 1 rings (SSSR count). The molecule has 72 valence electrons. The van der Waals surface area contributed by atoms with E-state index in [2.05, 4.69) is 10.6 Å². The van der Waals surface area contributed by atoms with Crippen LogP contribution < -0.4 is 10.6 Å². The number of halogens is 2. The monoisotopic (exact) mass is 180 g/mol. The molecule has 1 aliphatic rings. The van der Waals surface area contributed by atoms with E-state index in [1.165, 1.54) is 0 Å². The van der Waals surface area contributed by atoms with Crippen LogP contribution in [0.4, 0.5) is 8.78 Å². The van der Waals surface area contributed by atoms with Crippen molar-refractivity contribution in [2.75, 3.05) is 26.7 Å². The Morgan fingerprint density at radius 1 is 1.58 bits per heavy atom. The zero-order valence-corrected chi connectivity index (χ0v) is 7.03. The molecule has 1 aliphatic heterocycles. The lowest BCUT2D eigenvalue weighted by molar-refractivity contribution is -0.190. The van der Waals surface area contributed by atoms with Crippen molar-refractivity contribution in [3.05, 3.63) is 0 Å². The van der Waals surface area contributed by atoms with Gasteiger partial charge in [0.15, 0.2) is 0 Å². The molecule has 0 radical (unpaired) electrons. The fourth-order valence-corrected chi connectivity index (χ4v) is 1.40. The maximum Gasteiger partial charge on any atom is 0.289 e. The predicted octanol–water partition coefficient (Wildman–Crippen LogP) is -0.435. The maximum absolute atomic E-state index is 13.1. The summed E-state index contributed by atoms with van der Waals surface area (Å²) in [4.78, 5) is 0. The summed E-state index contributed by atoms with van der Waals surface area (Å²) >= 11 is 0. The maximum atomic E-state index is 13.1. The van der Waals surface area contributed by atoms with E-state index in [1.807, 2.05) is 0 Å². The molecule has 1 unspecified atom stereocenters. The van der Waals surface area contributed by atoms with Gasteiger partial charge in [-0.3, -0.25) is 0 Å². The minimum absolute atomic E-state index is 0.0678. The normalized spacial score (nSPS) is 35.0. The van der Waals surface area contributed by atoms with Gasteiger partial charge >= 0.3 is 0 Å². The number of likely N-dealkylation sites (N-methyl/N-ethyl adjacent to an activating group) is 1. The van der Waals surface area contributed by atoms with Crippen LogP contribution in [0.3, 0.4) is 0 Å². The number of alkyl halides is 2.